The van der Waals surface area contributed by atoms with Gasteiger partial charge in [-0.25, -0.2) is 4.63 Å². The van der Waals surface area contributed by atoms with Crippen molar-refractivity contribution in [2.24, 2.45) is 11.8 Å². The Labute approximate surface area is 115 Å². The Morgan fingerprint density at radius 1 is 1.30 bits per heavy atom. The fraction of sp³-hybridized carbons (Fsp3) is 0.538. The lowest BCUT2D eigenvalue weighted by Gasteiger charge is -2.20. The van der Waals surface area contributed by atoms with Gasteiger partial charge >= 0.3 is 5.69 Å². The van der Waals surface area contributed by atoms with Gasteiger partial charge in [-0.2, -0.15) is 0 Å². The van der Waals surface area contributed by atoms with Gasteiger partial charge in [0.05, 0.1) is 10.6 Å². The summed E-state index contributed by atoms with van der Waals surface area (Å²) in [5.74, 6) is 1.23. The molecule has 106 valence electrons. The molecule has 0 aliphatic heterocycles. The highest BCUT2D eigenvalue weighted by molar-refractivity contribution is 5.93. The highest BCUT2D eigenvalue weighted by Crippen LogP contribution is 2.35. The molecule has 0 spiro atoms. The molecular weight excluding hydrogens is 260 g/mol. The van der Waals surface area contributed by atoms with Gasteiger partial charge in [-0.05, 0) is 41.1 Å². The molecule has 0 amide bonds. The monoisotopic (exact) mass is 276 g/mol. The van der Waals surface area contributed by atoms with Crippen LogP contribution in [0.5, 0.6) is 0 Å². The minimum absolute atomic E-state index is 0.0837. The summed E-state index contributed by atoms with van der Waals surface area (Å²) in [6, 6.07) is 3.48. The summed E-state index contributed by atoms with van der Waals surface area (Å²) in [7, 11) is 0. The highest BCUT2D eigenvalue weighted by Gasteiger charge is 2.30. The topological polar surface area (TPSA) is 94.1 Å². The number of nitrogens with one attached hydrogen (secondary N) is 1. The van der Waals surface area contributed by atoms with Crippen LogP contribution in [0.4, 0.5) is 11.4 Å². The Bertz CT molecular complexity index is 654. The summed E-state index contributed by atoms with van der Waals surface area (Å²) >= 11 is 0. The first-order chi connectivity index (χ1) is 9.58. The van der Waals surface area contributed by atoms with E-state index in [0.29, 0.717) is 23.4 Å². The predicted octanol–water partition coefficient (Wildman–Crippen LogP) is 2.98. The molecule has 0 bridgehead atoms. The minimum atomic E-state index is -0.476. The van der Waals surface area contributed by atoms with E-state index in [-0.39, 0.29) is 11.2 Å². The van der Waals surface area contributed by atoms with E-state index in [9.17, 15) is 10.1 Å². The molecule has 1 aromatic carbocycles. The van der Waals surface area contributed by atoms with Crippen molar-refractivity contribution in [1.82, 2.24) is 10.3 Å². The van der Waals surface area contributed by atoms with Gasteiger partial charge in [0, 0.05) is 12.1 Å². The summed E-state index contributed by atoms with van der Waals surface area (Å²) in [6.45, 7) is 4.47. The molecule has 3 rings (SSSR count). The van der Waals surface area contributed by atoms with Gasteiger partial charge in [0.1, 0.15) is 0 Å². The van der Waals surface area contributed by atoms with Crippen LogP contribution in [0, 0.1) is 22.0 Å². The zero-order valence-corrected chi connectivity index (χ0v) is 11.4. The summed E-state index contributed by atoms with van der Waals surface area (Å²) in [6.07, 6.45) is 2.28. The molecule has 1 N–H and O–H groups in total. The molecule has 1 aromatic heterocycles. The lowest BCUT2D eigenvalue weighted by atomic mass is 9.97. The molecule has 0 saturated heterocycles. The Kier molecular flexibility index (Phi) is 3.04. The van der Waals surface area contributed by atoms with Gasteiger partial charge in [0.25, 0.3) is 0 Å². The number of aromatic nitrogens is 2. The molecule has 1 fully saturated rings. The number of anilines is 1. The maximum Gasteiger partial charge on any atom is 0.300 e. The molecule has 7 heteroatoms. The van der Waals surface area contributed by atoms with Crippen LogP contribution >= 0.6 is 0 Å². The average Bonchev–Trinajstić information content (AvgIpc) is 3.01. The first kappa shape index (κ1) is 12.8. The van der Waals surface area contributed by atoms with Crippen molar-refractivity contribution in [2.75, 3.05) is 5.32 Å². The van der Waals surface area contributed by atoms with Crippen LogP contribution in [-0.4, -0.2) is 21.3 Å². The lowest BCUT2D eigenvalue weighted by Crippen LogP contribution is -2.24. The van der Waals surface area contributed by atoms with Crippen molar-refractivity contribution in [1.29, 1.82) is 0 Å². The van der Waals surface area contributed by atoms with Crippen molar-refractivity contribution in [3.8, 4) is 0 Å². The Morgan fingerprint density at radius 3 is 2.70 bits per heavy atom. The van der Waals surface area contributed by atoms with Gasteiger partial charge in [0.15, 0.2) is 5.52 Å². The number of non-ortho nitro benzene ring substituents is 1. The number of nitrogens with zero attached hydrogens (tertiary/aromatic N) is 3. The SMILES string of the molecule is CC1CCC(Nc2ccc([N+](=O)[O-])c3nonc23)C1C. The predicted molar refractivity (Wildman–Crippen MR) is 73.4 cm³/mol. The number of hydrogen-bond donors (Lipinski definition) is 1. The number of fused-ring (bicyclic) bond motifs is 1. The second-order valence-electron chi connectivity index (χ2n) is 5.52. The third kappa shape index (κ3) is 1.99. The summed E-state index contributed by atoms with van der Waals surface area (Å²) in [4.78, 5) is 10.5. The minimum Gasteiger partial charge on any atom is -0.380 e. The molecule has 20 heavy (non-hydrogen) atoms. The first-order valence-electron chi connectivity index (χ1n) is 6.74. The molecule has 1 aliphatic carbocycles. The zero-order valence-electron chi connectivity index (χ0n) is 11.4. The van der Waals surface area contributed by atoms with Crippen molar-refractivity contribution in [3.05, 3.63) is 22.2 Å². The fourth-order valence-corrected chi connectivity index (χ4v) is 2.89. The smallest absolute Gasteiger partial charge is 0.300 e. The third-order valence-electron chi connectivity index (χ3n) is 4.40. The molecule has 1 saturated carbocycles. The van der Waals surface area contributed by atoms with E-state index in [1.165, 1.54) is 12.5 Å². The van der Waals surface area contributed by atoms with Gasteiger partial charge in [-0.15, -0.1) is 0 Å². The van der Waals surface area contributed by atoms with Crippen molar-refractivity contribution < 1.29 is 9.55 Å². The van der Waals surface area contributed by atoms with Crippen LogP contribution in [0.25, 0.3) is 11.0 Å². The van der Waals surface area contributed by atoms with E-state index in [4.69, 9.17) is 0 Å². The molecule has 0 radical (unpaired) electrons. The van der Waals surface area contributed by atoms with Crippen molar-refractivity contribution in [3.63, 3.8) is 0 Å². The second kappa shape index (κ2) is 4.73. The Hall–Kier alpha value is -2.18. The van der Waals surface area contributed by atoms with Crippen LogP contribution in [-0.2, 0) is 0 Å². The lowest BCUT2D eigenvalue weighted by molar-refractivity contribution is -0.383. The van der Waals surface area contributed by atoms with E-state index in [1.54, 1.807) is 6.07 Å². The molecule has 3 unspecified atom stereocenters. The zero-order chi connectivity index (χ0) is 14.3. The van der Waals surface area contributed by atoms with E-state index in [2.05, 4.69) is 34.1 Å². The molecular formula is C13H16N4O3. The summed E-state index contributed by atoms with van der Waals surface area (Å²) < 4.78 is 4.66. The van der Waals surface area contributed by atoms with Gasteiger partial charge in [-0.3, -0.25) is 10.1 Å². The van der Waals surface area contributed by atoms with Crippen LogP contribution in [0.2, 0.25) is 0 Å². The number of nitro benzene ring substituents is 1. The summed E-state index contributed by atoms with van der Waals surface area (Å²) in [5, 5.41) is 21.8. The van der Waals surface area contributed by atoms with Crippen LogP contribution < -0.4 is 5.32 Å². The van der Waals surface area contributed by atoms with Crippen LogP contribution in [0.3, 0.4) is 0 Å². The largest absolute Gasteiger partial charge is 0.380 e. The van der Waals surface area contributed by atoms with Crippen molar-refractivity contribution in [2.45, 2.75) is 32.7 Å². The Morgan fingerprint density at radius 2 is 2.05 bits per heavy atom. The maximum atomic E-state index is 10.9. The van der Waals surface area contributed by atoms with Crippen LogP contribution in [0.1, 0.15) is 26.7 Å². The molecule has 7 nitrogen and oxygen atoms in total. The number of hydrogen-bond acceptors (Lipinski definition) is 6. The first-order valence-corrected chi connectivity index (χ1v) is 6.74. The van der Waals surface area contributed by atoms with Crippen molar-refractivity contribution >= 4 is 22.4 Å². The van der Waals surface area contributed by atoms with E-state index >= 15 is 0 Å². The molecule has 2 aromatic rings. The van der Waals surface area contributed by atoms with Gasteiger partial charge in [0.2, 0.25) is 5.52 Å². The van der Waals surface area contributed by atoms with E-state index in [0.717, 1.165) is 12.1 Å². The third-order valence-corrected chi connectivity index (χ3v) is 4.40. The standard InChI is InChI=1S/C13H16N4O3/c1-7-3-4-9(8(7)2)14-10-5-6-11(17(18)19)13-12(10)15-20-16-13/h5-9,14H,3-4H2,1-2H3. The van der Waals surface area contributed by atoms with E-state index < -0.39 is 4.92 Å². The maximum absolute atomic E-state index is 10.9. The van der Waals surface area contributed by atoms with Gasteiger partial charge < -0.3 is 5.32 Å². The second-order valence-corrected chi connectivity index (χ2v) is 5.52. The Balaban J connectivity index is 1.95. The normalized spacial score (nSPS) is 26.0. The summed E-state index contributed by atoms with van der Waals surface area (Å²) in [5.41, 5.74) is 1.28. The van der Waals surface area contributed by atoms with Gasteiger partial charge in [-0.1, -0.05) is 13.8 Å². The number of nitro groups is 1. The quantitative estimate of drug-likeness (QED) is 0.684. The number of benzene rings is 1. The molecule has 3 atom stereocenters. The van der Waals surface area contributed by atoms with E-state index in [1.807, 2.05) is 0 Å². The highest BCUT2D eigenvalue weighted by atomic mass is 16.6. The van der Waals surface area contributed by atoms with Crippen LogP contribution in [0.15, 0.2) is 16.8 Å². The average molecular weight is 276 g/mol. The molecule has 1 aliphatic rings. The number of rotatable bonds is 3. The fourth-order valence-electron chi connectivity index (χ4n) is 2.89. The molecule has 1 heterocycles.